The van der Waals surface area contributed by atoms with Crippen LogP contribution < -0.4 is 15.8 Å². The number of nitrogens with zero attached hydrogens (tertiary/aromatic N) is 1. The minimum atomic E-state index is -0.0426. The van der Waals surface area contributed by atoms with Gasteiger partial charge in [-0.2, -0.15) is 0 Å². The highest BCUT2D eigenvalue weighted by Crippen LogP contribution is 2.62. The van der Waals surface area contributed by atoms with Crippen molar-refractivity contribution in [2.45, 2.75) is 121 Å². The SMILES string of the molecule is CB1c2cccc3c2C(CC2c4ccccc4SC32)c2cc(C(C)(C)C)cc(N(c3cccc4c3oc3cc(C(C)(C)C)ccc34)C3C=CC=C(C(C)(C)C)C3)c21. The fourth-order valence-corrected chi connectivity index (χ4v) is 12.2. The van der Waals surface area contributed by atoms with Gasteiger partial charge in [-0.25, -0.2) is 0 Å². The van der Waals surface area contributed by atoms with Gasteiger partial charge in [0.15, 0.2) is 5.58 Å². The second-order valence-electron chi connectivity index (χ2n) is 20.5. The number of hydrogen-bond donors (Lipinski definition) is 0. The van der Waals surface area contributed by atoms with E-state index in [0.717, 1.165) is 29.7 Å². The molecule has 6 aromatic rings. The van der Waals surface area contributed by atoms with Crippen molar-refractivity contribution in [1.82, 2.24) is 0 Å². The van der Waals surface area contributed by atoms with Crippen LogP contribution in [0.2, 0.25) is 6.82 Å². The van der Waals surface area contributed by atoms with E-state index in [2.05, 4.69) is 195 Å². The van der Waals surface area contributed by atoms with Crippen molar-refractivity contribution in [3.63, 3.8) is 0 Å². The highest BCUT2D eigenvalue weighted by molar-refractivity contribution is 8.00. The standard InChI is InChI=1S/C53H56BNOS/c1-51(2,3)31-16-13-17-34(26-31)55(43-22-15-19-37-35-25-24-32(52(4,5)6)29-45(35)56-49(37)43)44-28-33(53(7,8)9)27-40-39-30-41-36-18-11-12-23-46(36)57-50(41)38-20-14-21-42(47(38)39)54(10)48(40)44/h11-25,27-29,34,39,41,50H,26,30H2,1-10H3. The van der Waals surface area contributed by atoms with Crippen LogP contribution in [0.5, 0.6) is 0 Å². The molecule has 2 aliphatic carbocycles. The summed E-state index contributed by atoms with van der Waals surface area (Å²) in [4.78, 5) is 4.17. The van der Waals surface area contributed by atoms with E-state index in [1.807, 2.05) is 0 Å². The lowest BCUT2D eigenvalue weighted by molar-refractivity contribution is 0.471. The van der Waals surface area contributed by atoms with Crippen LogP contribution in [0.3, 0.4) is 0 Å². The van der Waals surface area contributed by atoms with Gasteiger partial charge in [0.2, 0.25) is 6.71 Å². The third kappa shape index (κ3) is 5.83. The summed E-state index contributed by atoms with van der Waals surface area (Å²) in [5.41, 5.74) is 17.9. The van der Waals surface area contributed by atoms with Crippen LogP contribution in [-0.4, -0.2) is 12.8 Å². The Bertz CT molecular complexity index is 2670. The van der Waals surface area contributed by atoms with Gasteiger partial charge in [-0.15, -0.1) is 11.8 Å². The minimum absolute atomic E-state index is 0.0295. The molecule has 4 aliphatic rings. The fraction of sp³-hybridized carbons (Fsp3) is 0.358. The molecule has 10 rings (SSSR count). The van der Waals surface area contributed by atoms with E-state index in [4.69, 9.17) is 4.42 Å². The molecule has 2 aliphatic heterocycles. The third-order valence-electron chi connectivity index (χ3n) is 13.8. The zero-order valence-corrected chi connectivity index (χ0v) is 36.3. The molecule has 2 nitrogen and oxygen atoms in total. The first-order valence-corrected chi connectivity index (χ1v) is 22.2. The highest BCUT2D eigenvalue weighted by atomic mass is 32.2. The molecule has 57 heavy (non-hydrogen) atoms. The highest BCUT2D eigenvalue weighted by Gasteiger charge is 2.47. The molecule has 0 radical (unpaired) electrons. The van der Waals surface area contributed by atoms with E-state index in [1.165, 1.54) is 60.1 Å². The zero-order valence-electron chi connectivity index (χ0n) is 35.5. The van der Waals surface area contributed by atoms with Gasteiger partial charge in [0.25, 0.3) is 0 Å². The monoisotopic (exact) mass is 765 g/mol. The van der Waals surface area contributed by atoms with E-state index in [1.54, 1.807) is 11.1 Å². The van der Waals surface area contributed by atoms with Crippen molar-refractivity contribution in [2.24, 2.45) is 5.41 Å². The van der Waals surface area contributed by atoms with Crippen LogP contribution in [-0.2, 0) is 10.8 Å². The lowest BCUT2D eigenvalue weighted by Gasteiger charge is -2.44. The van der Waals surface area contributed by atoms with Crippen molar-refractivity contribution in [3.8, 4) is 0 Å². The number of hydrogen-bond acceptors (Lipinski definition) is 3. The van der Waals surface area contributed by atoms with Gasteiger partial charge in [0, 0.05) is 38.4 Å². The second-order valence-corrected chi connectivity index (χ2v) is 21.7. The summed E-state index contributed by atoms with van der Waals surface area (Å²) >= 11 is 2.10. The summed E-state index contributed by atoms with van der Waals surface area (Å²) in [5.74, 6) is 0.837. The van der Waals surface area contributed by atoms with Crippen molar-refractivity contribution >= 4 is 62.7 Å². The zero-order chi connectivity index (χ0) is 39.8. The fourth-order valence-electron chi connectivity index (χ4n) is 10.6. The third-order valence-corrected chi connectivity index (χ3v) is 15.3. The minimum Gasteiger partial charge on any atom is -0.454 e. The summed E-state index contributed by atoms with van der Waals surface area (Å²) in [5, 5.41) is 2.84. The van der Waals surface area contributed by atoms with Gasteiger partial charge in [0.1, 0.15) is 5.58 Å². The summed E-state index contributed by atoms with van der Waals surface area (Å²) in [6.45, 7) is 23.8. The molecule has 0 saturated heterocycles. The van der Waals surface area contributed by atoms with Crippen molar-refractivity contribution in [3.05, 3.63) is 148 Å². The molecule has 0 bridgehead atoms. The van der Waals surface area contributed by atoms with Crippen LogP contribution >= 0.6 is 11.8 Å². The molecule has 0 spiro atoms. The van der Waals surface area contributed by atoms with Crippen LogP contribution in [0.4, 0.5) is 11.4 Å². The van der Waals surface area contributed by atoms with E-state index in [-0.39, 0.29) is 29.0 Å². The van der Waals surface area contributed by atoms with E-state index >= 15 is 0 Å². The number of para-hydroxylation sites is 1. The number of furan rings is 1. The average Bonchev–Trinajstić information content (AvgIpc) is 3.74. The number of fused-ring (bicyclic) bond motifs is 9. The Morgan fingerprint density at radius 2 is 1.46 bits per heavy atom. The van der Waals surface area contributed by atoms with Gasteiger partial charge in [0.05, 0.1) is 11.7 Å². The second kappa shape index (κ2) is 12.8. The first kappa shape index (κ1) is 36.9. The molecule has 0 amide bonds. The first-order valence-electron chi connectivity index (χ1n) is 21.3. The molecule has 5 aromatic carbocycles. The van der Waals surface area contributed by atoms with Crippen LogP contribution in [0.1, 0.15) is 126 Å². The van der Waals surface area contributed by atoms with Crippen LogP contribution in [0.25, 0.3) is 21.9 Å². The molecule has 4 unspecified atom stereocenters. The van der Waals surface area contributed by atoms with Crippen LogP contribution in [0, 0.1) is 5.41 Å². The van der Waals surface area contributed by atoms with E-state index < -0.39 is 0 Å². The Morgan fingerprint density at radius 1 is 0.702 bits per heavy atom. The lowest BCUT2D eigenvalue weighted by atomic mass is 9.36. The Kier molecular flexibility index (Phi) is 8.28. The molecule has 4 heteroatoms. The summed E-state index contributed by atoms with van der Waals surface area (Å²) in [6, 6.07) is 35.5. The number of benzene rings is 5. The van der Waals surface area contributed by atoms with Gasteiger partial charge in [-0.3, -0.25) is 0 Å². The molecule has 1 aromatic heterocycles. The summed E-state index contributed by atoms with van der Waals surface area (Å²) in [7, 11) is 0. The van der Waals surface area contributed by atoms with Crippen LogP contribution in [0.15, 0.2) is 124 Å². The Morgan fingerprint density at radius 3 is 2.23 bits per heavy atom. The predicted octanol–water partition coefficient (Wildman–Crippen LogP) is 13.6. The molecule has 288 valence electrons. The topological polar surface area (TPSA) is 16.4 Å². The maximum absolute atomic E-state index is 7.10. The quantitative estimate of drug-likeness (QED) is 0.167. The molecule has 0 fully saturated rings. The first-order chi connectivity index (χ1) is 27.1. The van der Waals surface area contributed by atoms with Crippen molar-refractivity contribution in [2.75, 3.05) is 4.90 Å². The van der Waals surface area contributed by atoms with Gasteiger partial charge < -0.3 is 9.32 Å². The largest absolute Gasteiger partial charge is 0.454 e. The smallest absolute Gasteiger partial charge is 0.209 e. The molecule has 0 N–H and O–H groups in total. The van der Waals surface area contributed by atoms with Gasteiger partial charge >= 0.3 is 0 Å². The predicted molar refractivity (Wildman–Crippen MR) is 246 cm³/mol. The molecular formula is C53H56BNOS. The van der Waals surface area contributed by atoms with E-state index in [9.17, 15) is 0 Å². The Labute approximate surface area is 344 Å². The maximum atomic E-state index is 7.10. The number of allylic oxidation sites excluding steroid dienone is 2. The molecular weight excluding hydrogens is 709 g/mol. The normalized spacial score (nSPS) is 21.3. The van der Waals surface area contributed by atoms with Crippen molar-refractivity contribution in [1.29, 1.82) is 0 Å². The number of rotatable bonds is 3. The Balaban J connectivity index is 1.24. The molecule has 4 atom stereocenters. The van der Waals surface area contributed by atoms with E-state index in [0.29, 0.717) is 17.1 Å². The molecule has 3 heterocycles. The van der Waals surface area contributed by atoms with Gasteiger partial charge in [-0.1, -0.05) is 165 Å². The van der Waals surface area contributed by atoms with Gasteiger partial charge in [-0.05, 0) is 92.2 Å². The number of anilines is 2. The summed E-state index contributed by atoms with van der Waals surface area (Å²) < 4.78 is 7.10. The number of thioether (sulfide) groups is 1. The Hall–Kier alpha value is -4.41. The summed E-state index contributed by atoms with van der Waals surface area (Å²) in [6.07, 6.45) is 9.22. The molecule has 0 saturated carbocycles. The van der Waals surface area contributed by atoms with Crippen molar-refractivity contribution < 1.29 is 4.42 Å². The maximum Gasteiger partial charge on any atom is 0.209 e. The average molecular weight is 766 g/mol. The lowest BCUT2D eigenvalue weighted by Crippen LogP contribution is -2.52.